The molecule has 0 aliphatic heterocycles. The summed E-state index contributed by atoms with van der Waals surface area (Å²) in [6.07, 6.45) is 10.0. The van der Waals surface area contributed by atoms with Crippen LogP contribution >= 0.6 is 0 Å². The molecule has 0 radical (unpaired) electrons. The molecular formula is C26H30N10O. The molecule has 0 saturated carbocycles. The zero-order valence-electron chi connectivity index (χ0n) is 21.2. The number of pyridine rings is 1. The van der Waals surface area contributed by atoms with E-state index in [1.807, 2.05) is 51.9 Å². The number of hydrogen-bond donors (Lipinski definition) is 1. The number of benzene rings is 1. The van der Waals surface area contributed by atoms with Crippen LogP contribution in [0.25, 0.3) is 28.5 Å². The standard InChI is InChI=1S/C26H30N10O/c1-4-5-6-22-16-36(25-31-28-17-34(25)14-18(2)3)26(37)35(22)15-21-13-27-12-11-23(21)19-7-9-20(10-8-19)24-29-32-33-30-24/h7-13,16-18H,4-6,14-15H2,1-3H3,(H,29,30,32,33). The third-order valence-electron chi connectivity index (χ3n) is 6.25. The lowest BCUT2D eigenvalue weighted by atomic mass is 10.00. The van der Waals surface area contributed by atoms with Gasteiger partial charge in [-0.1, -0.05) is 51.5 Å². The summed E-state index contributed by atoms with van der Waals surface area (Å²) in [7, 11) is 0. The first-order valence-electron chi connectivity index (χ1n) is 12.5. The van der Waals surface area contributed by atoms with Crippen LogP contribution in [0.4, 0.5) is 0 Å². The highest BCUT2D eigenvalue weighted by Crippen LogP contribution is 2.26. The van der Waals surface area contributed by atoms with Gasteiger partial charge in [-0.15, -0.1) is 20.4 Å². The second kappa shape index (κ2) is 10.7. The van der Waals surface area contributed by atoms with Crippen LogP contribution in [-0.4, -0.2) is 49.5 Å². The molecule has 0 aliphatic rings. The highest BCUT2D eigenvalue weighted by molar-refractivity contribution is 5.69. The van der Waals surface area contributed by atoms with Gasteiger partial charge in [-0.3, -0.25) is 14.1 Å². The van der Waals surface area contributed by atoms with Crippen molar-refractivity contribution in [1.82, 2.24) is 49.5 Å². The molecule has 0 fully saturated rings. The molecule has 4 heterocycles. The zero-order valence-corrected chi connectivity index (χ0v) is 21.2. The number of H-pyrrole nitrogens is 1. The minimum atomic E-state index is -0.133. The van der Waals surface area contributed by atoms with Gasteiger partial charge in [0.2, 0.25) is 11.8 Å². The van der Waals surface area contributed by atoms with Crippen molar-refractivity contribution in [1.29, 1.82) is 0 Å². The van der Waals surface area contributed by atoms with Crippen LogP contribution in [0.15, 0.2) is 60.0 Å². The number of hydrogen-bond acceptors (Lipinski definition) is 7. The molecule has 0 spiro atoms. The second-order valence-electron chi connectivity index (χ2n) is 9.49. The zero-order chi connectivity index (χ0) is 25.8. The Labute approximate surface area is 214 Å². The summed E-state index contributed by atoms with van der Waals surface area (Å²) in [5.74, 6) is 1.48. The highest BCUT2D eigenvalue weighted by Gasteiger charge is 2.18. The number of aromatic nitrogens is 10. The SMILES string of the molecule is CCCCc1cn(-c2nncn2CC(C)C)c(=O)n1Cc1cnccc1-c1ccc(-c2nn[nH]n2)cc1. The van der Waals surface area contributed by atoms with E-state index in [-0.39, 0.29) is 5.69 Å². The van der Waals surface area contributed by atoms with Crippen molar-refractivity contribution >= 4 is 0 Å². The van der Waals surface area contributed by atoms with E-state index in [0.29, 0.717) is 24.2 Å². The van der Waals surface area contributed by atoms with Crippen molar-refractivity contribution in [2.24, 2.45) is 5.92 Å². The van der Waals surface area contributed by atoms with Crippen LogP contribution in [-0.2, 0) is 19.5 Å². The van der Waals surface area contributed by atoms with E-state index < -0.39 is 0 Å². The third-order valence-corrected chi connectivity index (χ3v) is 6.25. The van der Waals surface area contributed by atoms with E-state index in [0.717, 1.165) is 53.8 Å². The summed E-state index contributed by atoms with van der Waals surface area (Å²) in [4.78, 5) is 18.1. The monoisotopic (exact) mass is 498 g/mol. The van der Waals surface area contributed by atoms with Crippen molar-refractivity contribution in [3.63, 3.8) is 0 Å². The lowest BCUT2D eigenvalue weighted by molar-refractivity contribution is 0.512. The molecule has 0 bridgehead atoms. The maximum absolute atomic E-state index is 13.7. The van der Waals surface area contributed by atoms with E-state index in [4.69, 9.17) is 0 Å². The molecule has 37 heavy (non-hydrogen) atoms. The lowest BCUT2D eigenvalue weighted by Crippen LogP contribution is -2.27. The van der Waals surface area contributed by atoms with E-state index in [1.54, 1.807) is 17.1 Å². The Morgan fingerprint density at radius 3 is 2.59 bits per heavy atom. The second-order valence-corrected chi connectivity index (χ2v) is 9.49. The molecule has 190 valence electrons. The molecule has 0 aliphatic carbocycles. The van der Waals surface area contributed by atoms with Gasteiger partial charge in [0, 0.05) is 36.4 Å². The summed E-state index contributed by atoms with van der Waals surface area (Å²) in [5, 5.41) is 22.5. The van der Waals surface area contributed by atoms with Crippen LogP contribution in [0, 0.1) is 5.92 Å². The fourth-order valence-electron chi connectivity index (χ4n) is 4.44. The summed E-state index contributed by atoms with van der Waals surface area (Å²) >= 11 is 0. The smallest absolute Gasteiger partial charge is 0.299 e. The van der Waals surface area contributed by atoms with Crippen molar-refractivity contribution in [3.05, 3.63) is 77.0 Å². The largest absolute Gasteiger partial charge is 0.335 e. The van der Waals surface area contributed by atoms with Crippen molar-refractivity contribution in [3.8, 4) is 28.5 Å². The van der Waals surface area contributed by atoms with Gasteiger partial charge in [-0.2, -0.15) is 5.21 Å². The summed E-state index contributed by atoms with van der Waals surface area (Å²) < 4.78 is 5.38. The topological polar surface area (TPSA) is 125 Å². The average molecular weight is 499 g/mol. The molecule has 11 heteroatoms. The molecule has 5 aromatic rings. The summed E-state index contributed by atoms with van der Waals surface area (Å²) in [6, 6.07) is 9.93. The number of tetrazole rings is 1. The summed E-state index contributed by atoms with van der Waals surface area (Å²) in [5.41, 5.74) is 4.69. The molecule has 0 unspecified atom stereocenters. The maximum atomic E-state index is 13.7. The Balaban J connectivity index is 1.52. The van der Waals surface area contributed by atoms with Gasteiger partial charge in [0.25, 0.3) is 0 Å². The number of imidazole rings is 1. The molecule has 5 rings (SSSR count). The van der Waals surface area contributed by atoms with Gasteiger partial charge in [-0.25, -0.2) is 9.36 Å². The molecule has 4 aromatic heterocycles. The molecule has 0 atom stereocenters. The van der Waals surface area contributed by atoms with Crippen LogP contribution in [0.2, 0.25) is 0 Å². The van der Waals surface area contributed by atoms with Crippen molar-refractivity contribution < 1.29 is 0 Å². The van der Waals surface area contributed by atoms with Gasteiger partial charge in [-0.05, 0) is 46.7 Å². The first kappa shape index (κ1) is 24.3. The van der Waals surface area contributed by atoms with E-state index in [9.17, 15) is 4.79 Å². The Kier molecular flexibility index (Phi) is 7.02. The number of nitrogens with one attached hydrogen (secondary N) is 1. The van der Waals surface area contributed by atoms with Gasteiger partial charge in [0.05, 0.1) is 6.54 Å². The fraction of sp³-hybridized carbons (Fsp3) is 0.346. The molecule has 0 saturated heterocycles. The quantitative estimate of drug-likeness (QED) is 0.312. The Morgan fingerprint density at radius 2 is 1.86 bits per heavy atom. The lowest BCUT2D eigenvalue weighted by Gasteiger charge is -2.12. The van der Waals surface area contributed by atoms with Crippen LogP contribution in [0.5, 0.6) is 0 Å². The normalized spacial score (nSPS) is 11.5. The third kappa shape index (κ3) is 5.11. The molecule has 1 N–H and O–H groups in total. The maximum Gasteiger partial charge on any atom is 0.335 e. The Bertz CT molecular complexity index is 1510. The predicted octanol–water partition coefficient (Wildman–Crippen LogP) is 3.52. The van der Waals surface area contributed by atoms with Gasteiger partial charge >= 0.3 is 5.69 Å². The van der Waals surface area contributed by atoms with Crippen LogP contribution < -0.4 is 5.69 Å². The fourth-order valence-corrected chi connectivity index (χ4v) is 4.44. The molecule has 1 aromatic carbocycles. The number of nitrogens with zero attached hydrogens (tertiary/aromatic N) is 9. The Hall–Kier alpha value is -4.41. The van der Waals surface area contributed by atoms with Crippen molar-refractivity contribution in [2.75, 3.05) is 0 Å². The first-order valence-corrected chi connectivity index (χ1v) is 12.5. The molecule has 0 amide bonds. The van der Waals surface area contributed by atoms with Gasteiger partial charge in [0.15, 0.2) is 0 Å². The minimum Gasteiger partial charge on any atom is -0.299 e. The molecule has 11 nitrogen and oxygen atoms in total. The minimum absolute atomic E-state index is 0.133. The average Bonchev–Trinajstić information content (AvgIpc) is 3.65. The van der Waals surface area contributed by atoms with Crippen molar-refractivity contribution in [2.45, 2.75) is 53.1 Å². The molecular weight excluding hydrogens is 468 g/mol. The van der Waals surface area contributed by atoms with Gasteiger partial charge < -0.3 is 0 Å². The number of aryl methyl sites for hydroxylation is 1. The summed E-state index contributed by atoms with van der Waals surface area (Å²) in [6.45, 7) is 7.54. The number of aromatic amines is 1. The number of rotatable bonds is 10. The van der Waals surface area contributed by atoms with Crippen LogP contribution in [0.3, 0.4) is 0 Å². The van der Waals surface area contributed by atoms with E-state index in [1.165, 1.54) is 0 Å². The highest BCUT2D eigenvalue weighted by atomic mass is 16.2. The first-order chi connectivity index (χ1) is 18.0. The number of unbranched alkanes of at least 4 members (excludes halogenated alkanes) is 1. The Morgan fingerprint density at radius 1 is 1.05 bits per heavy atom. The van der Waals surface area contributed by atoms with E-state index >= 15 is 0 Å². The van der Waals surface area contributed by atoms with Crippen LogP contribution in [0.1, 0.15) is 44.9 Å². The predicted molar refractivity (Wildman–Crippen MR) is 139 cm³/mol. The van der Waals surface area contributed by atoms with Gasteiger partial charge in [0.1, 0.15) is 6.33 Å². The van der Waals surface area contributed by atoms with E-state index in [2.05, 4.69) is 56.6 Å².